The SMILES string of the molecule is CC(c1cc2ccccc2o1)N(C)C(=O)CN1CCCC1C(=O)O. The van der Waals surface area contributed by atoms with Crippen molar-refractivity contribution in [3.8, 4) is 0 Å². The van der Waals surface area contributed by atoms with Gasteiger partial charge in [-0.1, -0.05) is 18.2 Å². The second kappa shape index (κ2) is 6.65. The fraction of sp³-hybridized carbons (Fsp3) is 0.444. The standard InChI is InChI=1S/C18H22N2O4/c1-12(16-10-13-6-3-4-8-15(13)24-16)19(2)17(21)11-20-9-5-7-14(20)18(22)23/h3-4,6,8,10,12,14H,5,7,9,11H2,1-2H3,(H,22,23). The van der Waals surface area contributed by atoms with E-state index >= 15 is 0 Å². The smallest absolute Gasteiger partial charge is 0.320 e. The molecule has 1 aromatic carbocycles. The number of nitrogens with zero attached hydrogens (tertiary/aromatic N) is 2. The number of furan rings is 1. The molecule has 2 aromatic rings. The van der Waals surface area contributed by atoms with E-state index in [4.69, 9.17) is 4.42 Å². The summed E-state index contributed by atoms with van der Waals surface area (Å²) >= 11 is 0. The number of carboxylic acid groups (broad SMARTS) is 1. The third-order valence-electron chi connectivity index (χ3n) is 4.82. The van der Waals surface area contributed by atoms with E-state index in [0.717, 1.165) is 23.2 Å². The molecule has 0 spiro atoms. The summed E-state index contributed by atoms with van der Waals surface area (Å²) in [5.41, 5.74) is 0.797. The lowest BCUT2D eigenvalue weighted by atomic mass is 10.2. The second-order valence-corrected chi connectivity index (χ2v) is 6.33. The number of para-hydroxylation sites is 1. The number of benzene rings is 1. The molecule has 128 valence electrons. The molecule has 1 fully saturated rings. The highest BCUT2D eigenvalue weighted by Crippen LogP contribution is 2.27. The zero-order valence-corrected chi connectivity index (χ0v) is 13.9. The molecule has 1 aromatic heterocycles. The molecule has 2 atom stereocenters. The molecule has 0 bridgehead atoms. The number of aliphatic carboxylic acids is 1. The van der Waals surface area contributed by atoms with Gasteiger partial charge in [-0.25, -0.2) is 0 Å². The van der Waals surface area contributed by atoms with Crippen molar-refractivity contribution in [3.05, 3.63) is 36.1 Å². The molecule has 3 rings (SSSR count). The van der Waals surface area contributed by atoms with E-state index in [1.54, 1.807) is 16.8 Å². The molecular weight excluding hydrogens is 308 g/mol. The highest BCUT2D eigenvalue weighted by atomic mass is 16.4. The topological polar surface area (TPSA) is 74.0 Å². The number of amides is 1. The monoisotopic (exact) mass is 330 g/mol. The minimum Gasteiger partial charge on any atom is -0.480 e. The Hall–Kier alpha value is -2.34. The zero-order valence-electron chi connectivity index (χ0n) is 13.9. The molecular formula is C18H22N2O4. The summed E-state index contributed by atoms with van der Waals surface area (Å²) in [6.07, 6.45) is 1.42. The van der Waals surface area contributed by atoms with Gasteiger partial charge in [0.25, 0.3) is 0 Å². The van der Waals surface area contributed by atoms with Gasteiger partial charge in [0.2, 0.25) is 5.91 Å². The molecule has 0 aliphatic carbocycles. The van der Waals surface area contributed by atoms with Crippen LogP contribution < -0.4 is 0 Å². The van der Waals surface area contributed by atoms with Crippen molar-refractivity contribution in [2.75, 3.05) is 20.1 Å². The van der Waals surface area contributed by atoms with E-state index in [0.29, 0.717) is 13.0 Å². The minimum absolute atomic E-state index is 0.101. The third kappa shape index (κ3) is 3.14. The van der Waals surface area contributed by atoms with E-state index < -0.39 is 12.0 Å². The van der Waals surface area contributed by atoms with Gasteiger partial charge in [-0.05, 0) is 38.4 Å². The van der Waals surface area contributed by atoms with Gasteiger partial charge < -0.3 is 14.4 Å². The number of hydrogen-bond acceptors (Lipinski definition) is 4. The molecule has 0 radical (unpaired) electrons. The number of likely N-dealkylation sites (N-methyl/N-ethyl adjacent to an activating group) is 1. The summed E-state index contributed by atoms with van der Waals surface area (Å²) in [6.45, 7) is 2.68. The predicted octanol–water partition coefficient (Wildman–Crippen LogP) is 2.50. The van der Waals surface area contributed by atoms with Crippen LogP contribution in [0.5, 0.6) is 0 Å². The van der Waals surface area contributed by atoms with Crippen molar-refractivity contribution in [2.45, 2.75) is 31.8 Å². The lowest BCUT2D eigenvalue weighted by Crippen LogP contribution is -2.44. The summed E-state index contributed by atoms with van der Waals surface area (Å²) in [7, 11) is 1.73. The number of fused-ring (bicyclic) bond motifs is 1. The fourth-order valence-corrected chi connectivity index (χ4v) is 3.20. The molecule has 1 saturated heterocycles. The first kappa shape index (κ1) is 16.5. The van der Waals surface area contributed by atoms with Gasteiger partial charge in [-0.3, -0.25) is 14.5 Å². The van der Waals surface area contributed by atoms with Crippen molar-refractivity contribution in [2.24, 2.45) is 0 Å². The van der Waals surface area contributed by atoms with Crippen LogP contribution >= 0.6 is 0 Å². The van der Waals surface area contributed by atoms with Gasteiger partial charge in [-0.15, -0.1) is 0 Å². The Bertz CT molecular complexity index is 721. The minimum atomic E-state index is -0.853. The Labute approximate surface area is 140 Å². The predicted molar refractivity (Wildman–Crippen MR) is 89.6 cm³/mol. The first-order valence-corrected chi connectivity index (χ1v) is 8.18. The molecule has 6 nitrogen and oxygen atoms in total. The van der Waals surface area contributed by atoms with Gasteiger partial charge in [0.15, 0.2) is 0 Å². The molecule has 2 heterocycles. The van der Waals surface area contributed by atoms with Gasteiger partial charge in [0, 0.05) is 12.4 Å². The Morgan fingerprint density at radius 3 is 2.88 bits per heavy atom. The van der Waals surface area contributed by atoms with E-state index in [1.807, 2.05) is 37.3 Å². The van der Waals surface area contributed by atoms with Crippen LogP contribution in [0, 0.1) is 0 Å². The molecule has 2 unspecified atom stereocenters. The number of rotatable bonds is 5. The highest BCUT2D eigenvalue weighted by Gasteiger charge is 2.33. The number of hydrogen-bond donors (Lipinski definition) is 1. The van der Waals surface area contributed by atoms with Gasteiger partial charge in [0.05, 0.1) is 12.6 Å². The van der Waals surface area contributed by atoms with E-state index in [1.165, 1.54) is 0 Å². The Morgan fingerprint density at radius 1 is 1.42 bits per heavy atom. The summed E-state index contributed by atoms with van der Waals surface area (Å²) in [6, 6.07) is 8.90. The van der Waals surface area contributed by atoms with Crippen molar-refractivity contribution in [1.29, 1.82) is 0 Å². The number of likely N-dealkylation sites (tertiary alicyclic amines) is 1. The number of carbonyl (C=O) groups is 2. The van der Waals surface area contributed by atoms with Gasteiger partial charge in [0.1, 0.15) is 17.4 Å². The van der Waals surface area contributed by atoms with E-state index in [-0.39, 0.29) is 18.5 Å². The van der Waals surface area contributed by atoms with E-state index in [9.17, 15) is 14.7 Å². The van der Waals surface area contributed by atoms with Crippen molar-refractivity contribution >= 4 is 22.8 Å². The summed E-state index contributed by atoms with van der Waals surface area (Å²) in [4.78, 5) is 27.1. The molecule has 0 saturated carbocycles. The lowest BCUT2D eigenvalue weighted by molar-refractivity contribution is -0.143. The van der Waals surface area contributed by atoms with Crippen molar-refractivity contribution in [1.82, 2.24) is 9.80 Å². The lowest BCUT2D eigenvalue weighted by Gasteiger charge is -2.27. The quantitative estimate of drug-likeness (QED) is 0.912. The Balaban J connectivity index is 1.69. The van der Waals surface area contributed by atoms with Crippen LogP contribution in [0.25, 0.3) is 11.0 Å². The maximum absolute atomic E-state index is 12.5. The highest BCUT2D eigenvalue weighted by molar-refractivity contribution is 5.81. The van der Waals surface area contributed by atoms with Crippen LogP contribution in [0.15, 0.2) is 34.7 Å². The maximum Gasteiger partial charge on any atom is 0.320 e. The second-order valence-electron chi connectivity index (χ2n) is 6.33. The molecule has 24 heavy (non-hydrogen) atoms. The van der Waals surface area contributed by atoms with Gasteiger partial charge >= 0.3 is 5.97 Å². The van der Waals surface area contributed by atoms with Crippen molar-refractivity contribution in [3.63, 3.8) is 0 Å². The van der Waals surface area contributed by atoms with Crippen LogP contribution in [-0.4, -0.2) is 53.0 Å². The number of carbonyl (C=O) groups excluding carboxylic acids is 1. The van der Waals surface area contributed by atoms with Crippen LogP contribution in [0.2, 0.25) is 0 Å². The van der Waals surface area contributed by atoms with Gasteiger partial charge in [-0.2, -0.15) is 0 Å². The molecule has 1 aliphatic rings. The van der Waals surface area contributed by atoms with Crippen LogP contribution in [0.1, 0.15) is 31.6 Å². The normalized spacial score (nSPS) is 19.5. The van der Waals surface area contributed by atoms with Crippen LogP contribution in [0.3, 0.4) is 0 Å². The summed E-state index contributed by atoms with van der Waals surface area (Å²) in [5.74, 6) is -0.229. The average Bonchev–Trinajstić information content (AvgIpc) is 3.19. The molecule has 1 aliphatic heterocycles. The Morgan fingerprint density at radius 2 is 2.17 bits per heavy atom. The van der Waals surface area contributed by atoms with E-state index in [2.05, 4.69) is 0 Å². The average molecular weight is 330 g/mol. The van der Waals surface area contributed by atoms with Crippen LogP contribution in [0.4, 0.5) is 0 Å². The zero-order chi connectivity index (χ0) is 17.3. The molecule has 1 amide bonds. The van der Waals surface area contributed by atoms with Crippen molar-refractivity contribution < 1.29 is 19.1 Å². The summed E-state index contributed by atoms with van der Waals surface area (Å²) < 4.78 is 5.83. The first-order valence-electron chi connectivity index (χ1n) is 8.18. The maximum atomic E-state index is 12.5. The molecule has 1 N–H and O–H groups in total. The largest absolute Gasteiger partial charge is 0.480 e. The van der Waals surface area contributed by atoms with Crippen LogP contribution in [-0.2, 0) is 9.59 Å². The first-order chi connectivity index (χ1) is 11.5. The fourth-order valence-electron chi connectivity index (χ4n) is 3.20. The summed E-state index contributed by atoms with van der Waals surface area (Å²) in [5, 5.41) is 10.2. The molecule has 6 heteroatoms. The third-order valence-corrected chi connectivity index (χ3v) is 4.82. The number of carboxylic acids is 1. The Kier molecular flexibility index (Phi) is 4.57.